The van der Waals surface area contributed by atoms with Crippen molar-refractivity contribution in [2.75, 3.05) is 14.2 Å². The van der Waals surface area contributed by atoms with Gasteiger partial charge in [-0.2, -0.15) is 0 Å². The molecule has 2 heterocycles. The Balaban J connectivity index is 1.52. The molecule has 2 aliphatic heterocycles. The minimum absolute atomic E-state index is 0.101. The van der Waals surface area contributed by atoms with Gasteiger partial charge in [-0.15, -0.1) is 0 Å². The number of ether oxygens (including phenoxy) is 2. The molecule has 0 amide bonds. The molecule has 1 aromatic rings. The van der Waals surface area contributed by atoms with Gasteiger partial charge in [-0.1, -0.05) is 12.1 Å². The summed E-state index contributed by atoms with van der Waals surface area (Å²) in [5.41, 5.74) is 0.969. The molecule has 1 unspecified atom stereocenters. The number of carbonyl (C=O) groups excluding carboxylic acids is 1. The summed E-state index contributed by atoms with van der Waals surface area (Å²) in [6.07, 6.45) is 4.90. The molecular formula is C17H23NO3. The van der Waals surface area contributed by atoms with Crippen LogP contribution in [0.25, 0.3) is 0 Å². The van der Waals surface area contributed by atoms with E-state index in [0.717, 1.165) is 24.2 Å². The fourth-order valence-electron chi connectivity index (χ4n) is 3.60. The Labute approximate surface area is 126 Å². The minimum Gasteiger partial charge on any atom is -0.497 e. The highest BCUT2D eigenvalue weighted by atomic mass is 16.5. The molecule has 21 heavy (non-hydrogen) atoms. The van der Waals surface area contributed by atoms with E-state index in [4.69, 9.17) is 9.47 Å². The zero-order valence-electron chi connectivity index (χ0n) is 12.7. The quantitative estimate of drug-likeness (QED) is 0.798. The van der Waals surface area contributed by atoms with Crippen LogP contribution in [0.4, 0.5) is 0 Å². The number of hydrogen-bond donors (Lipinski definition) is 0. The third-order valence-electron chi connectivity index (χ3n) is 4.86. The van der Waals surface area contributed by atoms with E-state index in [1.54, 1.807) is 7.11 Å². The van der Waals surface area contributed by atoms with Crippen molar-refractivity contribution < 1.29 is 14.3 Å². The van der Waals surface area contributed by atoms with Gasteiger partial charge in [-0.05, 0) is 50.4 Å². The van der Waals surface area contributed by atoms with Crippen LogP contribution in [0.3, 0.4) is 0 Å². The van der Waals surface area contributed by atoms with Gasteiger partial charge in [-0.3, -0.25) is 4.79 Å². The summed E-state index contributed by atoms with van der Waals surface area (Å²) in [6.45, 7) is 0. The lowest BCUT2D eigenvalue weighted by Gasteiger charge is -2.35. The third-order valence-corrected chi connectivity index (χ3v) is 4.86. The van der Waals surface area contributed by atoms with Crippen molar-refractivity contribution in [2.45, 2.75) is 50.3 Å². The van der Waals surface area contributed by atoms with Crippen LogP contribution in [-0.4, -0.2) is 43.2 Å². The molecule has 2 bridgehead atoms. The van der Waals surface area contributed by atoms with E-state index in [2.05, 4.69) is 11.9 Å². The number of esters is 1. The molecule has 114 valence electrons. The number of nitrogens with zero attached hydrogens (tertiary/aromatic N) is 1. The lowest BCUT2D eigenvalue weighted by atomic mass is 10.0. The number of benzene rings is 1. The Bertz CT molecular complexity index is 485. The first-order valence-corrected chi connectivity index (χ1v) is 7.70. The van der Waals surface area contributed by atoms with Crippen LogP contribution in [0.15, 0.2) is 24.3 Å². The van der Waals surface area contributed by atoms with Crippen LogP contribution in [0, 0.1) is 0 Å². The van der Waals surface area contributed by atoms with Crippen molar-refractivity contribution in [1.82, 2.24) is 4.90 Å². The average Bonchev–Trinajstić information content (AvgIpc) is 2.70. The molecular weight excluding hydrogens is 266 g/mol. The molecule has 0 saturated carbocycles. The lowest BCUT2D eigenvalue weighted by Crippen LogP contribution is -2.43. The average molecular weight is 289 g/mol. The highest BCUT2D eigenvalue weighted by Gasteiger charge is 2.39. The number of hydrogen-bond acceptors (Lipinski definition) is 4. The maximum atomic E-state index is 12.1. The topological polar surface area (TPSA) is 38.8 Å². The molecule has 2 saturated heterocycles. The van der Waals surface area contributed by atoms with E-state index in [1.807, 2.05) is 24.3 Å². The third kappa shape index (κ3) is 3.21. The molecule has 0 aromatic heterocycles. The zero-order chi connectivity index (χ0) is 14.8. The van der Waals surface area contributed by atoms with E-state index in [-0.39, 0.29) is 12.1 Å². The molecule has 4 nitrogen and oxygen atoms in total. The van der Waals surface area contributed by atoms with E-state index < -0.39 is 0 Å². The molecule has 2 aliphatic rings. The maximum Gasteiger partial charge on any atom is 0.310 e. The molecule has 0 radical (unpaired) electrons. The SMILES string of the molecule is COc1ccc(CC(=O)OC2C[C@H]3CC[C@@H](C2)N3C)cc1. The molecule has 0 aliphatic carbocycles. The van der Waals surface area contributed by atoms with Gasteiger partial charge in [0.05, 0.1) is 13.5 Å². The summed E-state index contributed by atoms with van der Waals surface area (Å²) < 4.78 is 10.8. The van der Waals surface area contributed by atoms with Crippen molar-refractivity contribution in [1.29, 1.82) is 0 Å². The molecule has 4 heteroatoms. The van der Waals surface area contributed by atoms with Crippen LogP contribution in [-0.2, 0) is 16.0 Å². The van der Waals surface area contributed by atoms with Gasteiger partial charge in [0.2, 0.25) is 0 Å². The first kappa shape index (κ1) is 14.4. The van der Waals surface area contributed by atoms with Crippen LogP contribution < -0.4 is 4.74 Å². The molecule has 3 atom stereocenters. The van der Waals surface area contributed by atoms with Crippen molar-refractivity contribution >= 4 is 5.97 Å². The van der Waals surface area contributed by atoms with E-state index in [1.165, 1.54) is 12.8 Å². The maximum absolute atomic E-state index is 12.1. The van der Waals surface area contributed by atoms with Crippen LogP contribution in [0.2, 0.25) is 0 Å². The summed E-state index contributed by atoms with van der Waals surface area (Å²) >= 11 is 0. The number of rotatable bonds is 4. The van der Waals surface area contributed by atoms with E-state index in [0.29, 0.717) is 18.5 Å². The van der Waals surface area contributed by atoms with Crippen LogP contribution in [0.5, 0.6) is 5.75 Å². The second-order valence-corrected chi connectivity index (χ2v) is 6.16. The highest BCUT2D eigenvalue weighted by molar-refractivity contribution is 5.72. The summed E-state index contributed by atoms with van der Waals surface area (Å²) in [6, 6.07) is 8.78. The fourth-order valence-corrected chi connectivity index (χ4v) is 3.60. The number of piperidine rings is 1. The normalized spacial score (nSPS) is 28.4. The minimum atomic E-state index is -0.117. The number of fused-ring (bicyclic) bond motifs is 2. The van der Waals surface area contributed by atoms with Gasteiger partial charge in [0.1, 0.15) is 11.9 Å². The van der Waals surface area contributed by atoms with Crippen molar-refractivity contribution in [3.05, 3.63) is 29.8 Å². The summed E-state index contributed by atoms with van der Waals surface area (Å²) in [5, 5.41) is 0. The Morgan fingerprint density at radius 3 is 2.38 bits per heavy atom. The van der Waals surface area contributed by atoms with Crippen molar-refractivity contribution in [3.8, 4) is 5.75 Å². The Morgan fingerprint density at radius 1 is 1.19 bits per heavy atom. The van der Waals surface area contributed by atoms with Gasteiger partial charge >= 0.3 is 5.97 Å². The van der Waals surface area contributed by atoms with Crippen molar-refractivity contribution in [3.63, 3.8) is 0 Å². The molecule has 3 rings (SSSR count). The van der Waals surface area contributed by atoms with Crippen LogP contribution in [0.1, 0.15) is 31.2 Å². The number of carbonyl (C=O) groups is 1. The smallest absolute Gasteiger partial charge is 0.310 e. The Morgan fingerprint density at radius 2 is 1.81 bits per heavy atom. The van der Waals surface area contributed by atoms with Gasteiger partial charge in [0.15, 0.2) is 0 Å². The summed E-state index contributed by atoms with van der Waals surface area (Å²) in [5.74, 6) is 0.688. The van der Waals surface area contributed by atoms with Gasteiger partial charge in [0.25, 0.3) is 0 Å². The standard InChI is InChI=1S/C17H23NO3/c1-18-13-5-6-14(18)11-16(10-13)21-17(19)9-12-3-7-15(20-2)8-4-12/h3-4,7-8,13-14,16H,5-6,9-11H2,1-2H3/t13-,14+,16?. The van der Waals surface area contributed by atoms with Gasteiger partial charge in [0, 0.05) is 12.1 Å². The predicted molar refractivity (Wildman–Crippen MR) is 80.4 cm³/mol. The molecule has 0 N–H and O–H groups in total. The monoisotopic (exact) mass is 289 g/mol. The molecule has 1 aromatic carbocycles. The second-order valence-electron chi connectivity index (χ2n) is 6.16. The molecule has 2 fully saturated rings. The van der Waals surface area contributed by atoms with E-state index in [9.17, 15) is 4.79 Å². The van der Waals surface area contributed by atoms with Gasteiger partial charge < -0.3 is 14.4 Å². The van der Waals surface area contributed by atoms with Crippen molar-refractivity contribution in [2.24, 2.45) is 0 Å². The highest BCUT2D eigenvalue weighted by Crippen LogP contribution is 2.35. The molecule has 0 spiro atoms. The zero-order valence-corrected chi connectivity index (χ0v) is 12.7. The lowest BCUT2D eigenvalue weighted by molar-refractivity contribution is -0.151. The summed E-state index contributed by atoms with van der Waals surface area (Å²) in [4.78, 5) is 14.5. The number of methoxy groups -OCH3 is 1. The first-order chi connectivity index (χ1) is 10.2. The predicted octanol–water partition coefficient (Wildman–Crippen LogP) is 2.41. The summed E-state index contributed by atoms with van der Waals surface area (Å²) in [7, 11) is 3.83. The van der Waals surface area contributed by atoms with Gasteiger partial charge in [-0.25, -0.2) is 0 Å². The first-order valence-electron chi connectivity index (χ1n) is 7.70. The largest absolute Gasteiger partial charge is 0.497 e. The Hall–Kier alpha value is -1.55. The Kier molecular flexibility index (Phi) is 4.15. The fraction of sp³-hybridized carbons (Fsp3) is 0.588. The second kappa shape index (κ2) is 6.06. The van der Waals surface area contributed by atoms with Crippen LogP contribution >= 0.6 is 0 Å². The van der Waals surface area contributed by atoms with E-state index >= 15 is 0 Å².